The second kappa shape index (κ2) is 5.63. The molecule has 78 valence electrons. The first kappa shape index (κ1) is 11.9. The molecule has 0 heterocycles. The Kier molecular flexibility index (Phi) is 4.77. The first-order valence-electron chi connectivity index (χ1n) is 4.37. The monoisotopic (exact) mass is 309 g/mol. The van der Waals surface area contributed by atoms with E-state index < -0.39 is 0 Å². The highest BCUT2D eigenvalue weighted by Crippen LogP contribution is 2.15. The van der Waals surface area contributed by atoms with E-state index in [1.165, 1.54) is 12.1 Å². The fraction of sp³-hybridized carbons (Fsp3) is 0.400. The van der Waals surface area contributed by atoms with Gasteiger partial charge in [0.2, 0.25) is 0 Å². The molecule has 0 atom stereocenters. The molecule has 0 amide bonds. The lowest BCUT2D eigenvalue weighted by atomic mass is 10.2. The van der Waals surface area contributed by atoms with E-state index in [0.717, 1.165) is 15.7 Å². The summed E-state index contributed by atoms with van der Waals surface area (Å²) in [5, 5.41) is 8.72. The van der Waals surface area contributed by atoms with Gasteiger partial charge in [-0.1, -0.05) is 6.07 Å². The van der Waals surface area contributed by atoms with Gasteiger partial charge in [0, 0.05) is 16.7 Å². The van der Waals surface area contributed by atoms with Crippen LogP contribution in [0.1, 0.15) is 5.56 Å². The zero-order chi connectivity index (χ0) is 10.6. The minimum atomic E-state index is -0.206. The molecule has 0 bridgehead atoms. The van der Waals surface area contributed by atoms with Gasteiger partial charge in [-0.15, -0.1) is 0 Å². The lowest BCUT2D eigenvalue weighted by molar-refractivity contribution is 0.217. The van der Waals surface area contributed by atoms with Crippen molar-refractivity contribution < 1.29 is 9.50 Å². The Balaban J connectivity index is 2.67. The Bertz CT molecular complexity index is 306. The van der Waals surface area contributed by atoms with Crippen LogP contribution in [0.25, 0.3) is 0 Å². The summed E-state index contributed by atoms with van der Waals surface area (Å²) in [6.45, 7) is 1.51. The maximum Gasteiger partial charge on any atom is 0.124 e. The first-order chi connectivity index (χ1) is 6.63. The Hall–Kier alpha value is -0.200. The van der Waals surface area contributed by atoms with Gasteiger partial charge in [0.1, 0.15) is 5.82 Å². The van der Waals surface area contributed by atoms with E-state index in [2.05, 4.69) is 22.6 Å². The summed E-state index contributed by atoms with van der Waals surface area (Å²) in [6.07, 6.45) is 0. The van der Waals surface area contributed by atoms with Gasteiger partial charge in [-0.2, -0.15) is 0 Å². The molecule has 1 N–H and O–H groups in total. The summed E-state index contributed by atoms with van der Waals surface area (Å²) in [5.74, 6) is -0.206. The number of aliphatic hydroxyl groups is 1. The Morgan fingerprint density at radius 3 is 2.79 bits per heavy atom. The molecular weight excluding hydrogens is 296 g/mol. The molecule has 0 radical (unpaired) electrons. The molecule has 0 saturated carbocycles. The third-order valence-corrected chi connectivity index (χ3v) is 2.94. The number of hydrogen-bond acceptors (Lipinski definition) is 2. The quantitative estimate of drug-likeness (QED) is 0.858. The third-order valence-electron chi connectivity index (χ3n) is 1.94. The van der Waals surface area contributed by atoms with Gasteiger partial charge < -0.3 is 5.11 Å². The van der Waals surface area contributed by atoms with Gasteiger partial charge in [-0.3, -0.25) is 4.90 Å². The predicted octanol–water partition coefficient (Wildman–Crippen LogP) is 1.85. The minimum Gasteiger partial charge on any atom is -0.395 e. The molecule has 0 fully saturated rings. The van der Waals surface area contributed by atoms with Gasteiger partial charge in [-0.05, 0) is 47.3 Å². The molecule has 2 nitrogen and oxygen atoms in total. The topological polar surface area (TPSA) is 23.5 Å². The molecule has 0 aliphatic carbocycles. The van der Waals surface area contributed by atoms with Crippen LogP contribution < -0.4 is 0 Å². The van der Waals surface area contributed by atoms with Crippen LogP contribution in [0.4, 0.5) is 4.39 Å². The minimum absolute atomic E-state index is 0.147. The Morgan fingerprint density at radius 2 is 2.21 bits per heavy atom. The third kappa shape index (κ3) is 3.51. The zero-order valence-electron chi connectivity index (χ0n) is 8.00. The largest absolute Gasteiger partial charge is 0.395 e. The van der Waals surface area contributed by atoms with Crippen molar-refractivity contribution in [1.82, 2.24) is 4.90 Å². The van der Waals surface area contributed by atoms with Crippen molar-refractivity contribution in [2.75, 3.05) is 20.2 Å². The van der Waals surface area contributed by atoms with Crippen LogP contribution in [0.15, 0.2) is 18.2 Å². The highest BCUT2D eigenvalue weighted by molar-refractivity contribution is 14.1. The second-order valence-electron chi connectivity index (χ2n) is 3.20. The number of halogens is 2. The van der Waals surface area contributed by atoms with Gasteiger partial charge in [0.05, 0.1) is 6.61 Å². The van der Waals surface area contributed by atoms with Gasteiger partial charge in [0.15, 0.2) is 0 Å². The molecule has 14 heavy (non-hydrogen) atoms. The van der Waals surface area contributed by atoms with Crippen LogP contribution in [0.5, 0.6) is 0 Å². The maximum atomic E-state index is 12.8. The standard InChI is InChI=1S/C10H13FINO/c1-13(4-5-14)7-8-2-3-9(11)6-10(8)12/h2-3,6,14H,4-5,7H2,1H3. The van der Waals surface area contributed by atoms with Crippen LogP contribution in [0.3, 0.4) is 0 Å². The van der Waals surface area contributed by atoms with E-state index in [4.69, 9.17) is 5.11 Å². The number of likely N-dealkylation sites (N-methyl/N-ethyl adjacent to an activating group) is 1. The fourth-order valence-electron chi connectivity index (χ4n) is 1.19. The molecule has 0 aliphatic rings. The van der Waals surface area contributed by atoms with Crippen molar-refractivity contribution in [2.45, 2.75) is 6.54 Å². The van der Waals surface area contributed by atoms with Crippen LogP contribution >= 0.6 is 22.6 Å². The highest BCUT2D eigenvalue weighted by atomic mass is 127. The normalized spacial score (nSPS) is 10.9. The lowest BCUT2D eigenvalue weighted by Gasteiger charge is -2.15. The van der Waals surface area contributed by atoms with Crippen molar-refractivity contribution in [3.05, 3.63) is 33.1 Å². The smallest absolute Gasteiger partial charge is 0.124 e. The molecule has 0 unspecified atom stereocenters. The van der Waals surface area contributed by atoms with E-state index in [1.807, 2.05) is 11.9 Å². The SMILES string of the molecule is CN(CCO)Cc1ccc(F)cc1I. The van der Waals surface area contributed by atoms with Gasteiger partial charge in [0.25, 0.3) is 0 Å². The second-order valence-corrected chi connectivity index (χ2v) is 4.36. The summed E-state index contributed by atoms with van der Waals surface area (Å²) in [5.41, 5.74) is 1.09. The average molecular weight is 309 g/mol. The number of hydrogen-bond donors (Lipinski definition) is 1. The van der Waals surface area contributed by atoms with Crippen molar-refractivity contribution in [3.63, 3.8) is 0 Å². The Labute approximate surface area is 96.9 Å². The van der Waals surface area contributed by atoms with Crippen molar-refractivity contribution in [3.8, 4) is 0 Å². The summed E-state index contributed by atoms with van der Waals surface area (Å²) < 4.78 is 13.7. The van der Waals surface area contributed by atoms with Gasteiger partial charge in [-0.25, -0.2) is 4.39 Å². The molecule has 4 heteroatoms. The van der Waals surface area contributed by atoms with Crippen LogP contribution in [-0.4, -0.2) is 30.2 Å². The highest BCUT2D eigenvalue weighted by Gasteiger charge is 2.04. The molecule has 1 aromatic rings. The molecule has 0 spiro atoms. The number of nitrogens with zero attached hydrogens (tertiary/aromatic N) is 1. The molecule has 1 rings (SSSR count). The van der Waals surface area contributed by atoms with Crippen LogP contribution in [0.2, 0.25) is 0 Å². The lowest BCUT2D eigenvalue weighted by Crippen LogP contribution is -2.21. The molecular formula is C10H13FINO. The van der Waals surface area contributed by atoms with Crippen LogP contribution in [0, 0.1) is 9.39 Å². The van der Waals surface area contributed by atoms with E-state index in [1.54, 1.807) is 6.07 Å². The van der Waals surface area contributed by atoms with Crippen molar-refractivity contribution in [2.24, 2.45) is 0 Å². The maximum absolute atomic E-state index is 12.8. The van der Waals surface area contributed by atoms with E-state index in [-0.39, 0.29) is 12.4 Å². The summed E-state index contributed by atoms with van der Waals surface area (Å²) >= 11 is 2.12. The van der Waals surface area contributed by atoms with E-state index in [0.29, 0.717) is 6.54 Å². The molecule has 0 saturated heterocycles. The van der Waals surface area contributed by atoms with Crippen molar-refractivity contribution in [1.29, 1.82) is 0 Å². The average Bonchev–Trinajstić information content (AvgIpc) is 2.10. The van der Waals surface area contributed by atoms with Gasteiger partial charge >= 0.3 is 0 Å². The Morgan fingerprint density at radius 1 is 1.50 bits per heavy atom. The molecule has 1 aromatic carbocycles. The number of rotatable bonds is 4. The predicted molar refractivity (Wildman–Crippen MR) is 62.5 cm³/mol. The van der Waals surface area contributed by atoms with Crippen LogP contribution in [-0.2, 0) is 6.54 Å². The number of benzene rings is 1. The summed E-state index contributed by atoms with van der Waals surface area (Å²) in [6, 6.07) is 4.76. The molecule has 0 aromatic heterocycles. The molecule has 0 aliphatic heterocycles. The van der Waals surface area contributed by atoms with E-state index >= 15 is 0 Å². The number of aliphatic hydroxyl groups excluding tert-OH is 1. The summed E-state index contributed by atoms with van der Waals surface area (Å²) in [4.78, 5) is 2.00. The first-order valence-corrected chi connectivity index (χ1v) is 5.44. The zero-order valence-corrected chi connectivity index (χ0v) is 10.2. The van der Waals surface area contributed by atoms with E-state index in [9.17, 15) is 4.39 Å². The fourth-order valence-corrected chi connectivity index (χ4v) is 1.84. The van der Waals surface area contributed by atoms with Crippen molar-refractivity contribution >= 4 is 22.6 Å². The summed E-state index contributed by atoms with van der Waals surface area (Å²) in [7, 11) is 1.93.